The van der Waals surface area contributed by atoms with Crippen LogP contribution in [-0.2, 0) is 0 Å². The molecule has 0 amide bonds. The fraction of sp³-hybridized carbons (Fsp3) is 0. The molecule has 0 fully saturated rings. The molecule has 10 rings (SSSR count). The molecule has 0 atom stereocenters. The number of aromatic nitrogens is 1. The first kappa shape index (κ1) is 37.2. The zero-order valence-corrected chi connectivity index (χ0v) is 33.5. The lowest BCUT2D eigenvalue weighted by molar-refractivity contribution is 1.22. The van der Waals surface area contributed by atoms with Crippen LogP contribution in [0.5, 0.6) is 0 Å². The van der Waals surface area contributed by atoms with Crippen molar-refractivity contribution in [3.8, 4) is 55.9 Å². The summed E-state index contributed by atoms with van der Waals surface area (Å²) in [5.74, 6) is 0. The molecule has 0 saturated heterocycles. The van der Waals surface area contributed by atoms with Gasteiger partial charge in [-0.2, -0.15) is 0 Å². The molecule has 1 aliphatic rings. The summed E-state index contributed by atoms with van der Waals surface area (Å²) < 4.78 is 0. The zero-order valence-electron chi connectivity index (χ0n) is 33.5. The van der Waals surface area contributed by atoms with E-state index >= 15 is 0 Å². The van der Waals surface area contributed by atoms with Crippen molar-refractivity contribution < 1.29 is 0 Å². The Kier molecular flexibility index (Phi) is 10.1. The molecule has 1 aliphatic heterocycles. The van der Waals surface area contributed by atoms with Crippen molar-refractivity contribution in [2.24, 2.45) is 0 Å². The van der Waals surface area contributed by atoms with E-state index in [0.29, 0.717) is 5.71 Å². The molecule has 8 aromatic carbocycles. The molecule has 0 spiro atoms. The second-order valence-electron chi connectivity index (χ2n) is 15.2. The highest BCUT2D eigenvalue weighted by Crippen LogP contribution is 2.39. The van der Waals surface area contributed by atoms with Crippen LogP contribution in [0.15, 0.2) is 231 Å². The van der Waals surface area contributed by atoms with Gasteiger partial charge >= 0.3 is 0 Å². The third-order valence-electron chi connectivity index (χ3n) is 11.3. The van der Waals surface area contributed by atoms with Crippen molar-refractivity contribution in [2.45, 2.75) is 0 Å². The molecule has 9 aromatic rings. The van der Waals surface area contributed by atoms with Gasteiger partial charge in [0.1, 0.15) is 0 Å². The first-order chi connectivity index (χ1) is 30.1. The van der Waals surface area contributed by atoms with E-state index < -0.39 is 0 Å². The van der Waals surface area contributed by atoms with Gasteiger partial charge in [-0.1, -0.05) is 200 Å². The van der Waals surface area contributed by atoms with Gasteiger partial charge in [-0.15, -0.1) is 0 Å². The summed E-state index contributed by atoms with van der Waals surface area (Å²) in [5.41, 5.74) is 19.1. The van der Waals surface area contributed by atoms with E-state index in [1.54, 1.807) is 0 Å². The molecular weight excluding hydrogens is 739 g/mol. The molecule has 0 radical (unpaired) electrons. The van der Waals surface area contributed by atoms with Crippen molar-refractivity contribution in [1.29, 1.82) is 5.41 Å². The van der Waals surface area contributed by atoms with E-state index in [9.17, 15) is 5.41 Å². The van der Waals surface area contributed by atoms with Crippen molar-refractivity contribution in [3.63, 3.8) is 0 Å². The van der Waals surface area contributed by atoms with E-state index in [0.717, 1.165) is 101 Å². The highest BCUT2D eigenvalue weighted by atomic mass is 14.9. The van der Waals surface area contributed by atoms with Crippen molar-refractivity contribution in [3.05, 3.63) is 258 Å². The Morgan fingerprint density at radius 2 is 0.787 bits per heavy atom. The van der Waals surface area contributed by atoms with Crippen LogP contribution >= 0.6 is 0 Å². The zero-order chi connectivity index (χ0) is 41.0. The lowest BCUT2D eigenvalue weighted by Crippen LogP contribution is -2.20. The van der Waals surface area contributed by atoms with Gasteiger partial charge < -0.3 is 5.32 Å². The smallest absolute Gasteiger partial charge is 0.0715 e. The van der Waals surface area contributed by atoms with E-state index in [1.165, 1.54) is 0 Å². The van der Waals surface area contributed by atoms with E-state index in [-0.39, 0.29) is 0 Å². The average molecular weight is 780 g/mol. The number of rotatable bonds is 9. The lowest BCUT2D eigenvalue weighted by atomic mass is 9.86. The summed E-state index contributed by atoms with van der Waals surface area (Å²) >= 11 is 0. The topological polar surface area (TPSA) is 48.8 Å². The van der Waals surface area contributed by atoms with E-state index in [2.05, 4.69) is 175 Å². The number of nitrogens with zero attached hydrogens (tertiary/aromatic N) is 1. The fourth-order valence-electron chi connectivity index (χ4n) is 8.18. The minimum Gasteiger partial charge on any atom is -0.354 e. The predicted molar refractivity (Wildman–Crippen MR) is 255 cm³/mol. The minimum absolute atomic E-state index is 0.461. The van der Waals surface area contributed by atoms with Gasteiger partial charge in [0.15, 0.2) is 0 Å². The highest BCUT2D eigenvalue weighted by molar-refractivity contribution is 6.36. The highest BCUT2D eigenvalue weighted by Gasteiger charge is 2.24. The Balaban J connectivity index is 1.07. The van der Waals surface area contributed by atoms with Crippen LogP contribution in [0.2, 0.25) is 0 Å². The predicted octanol–water partition coefficient (Wildman–Crippen LogP) is 14.5. The quantitative estimate of drug-likeness (QED) is 0.143. The molecule has 3 nitrogen and oxygen atoms in total. The number of allylic oxidation sites excluding steroid dienone is 1. The Morgan fingerprint density at radius 1 is 0.361 bits per heavy atom. The molecule has 3 heteroatoms. The summed E-state index contributed by atoms with van der Waals surface area (Å²) in [6.45, 7) is 0. The van der Waals surface area contributed by atoms with Crippen LogP contribution in [0.3, 0.4) is 0 Å². The third kappa shape index (κ3) is 7.76. The Bertz CT molecular complexity index is 3020. The van der Waals surface area contributed by atoms with Crippen molar-refractivity contribution >= 4 is 28.8 Å². The standard InChI is InChI=1S/C58H41N3/c59-57(44-26-14-5-15-27-44)56(43-24-12-4-13-25-43)58-52-36-49(32-33-50(52)37-55(61-58)42-22-10-3-11-23-42)47-30-16-28-45(34-47)46-29-17-31-48(35-46)51-38-53(40-18-6-1-7-19-40)60-54(39-51)41-20-8-2-9-21-41/h1-39,59,61H/b58-56-,59-57?. The molecule has 0 bridgehead atoms. The van der Waals surface area contributed by atoms with Crippen LogP contribution in [-0.4, -0.2) is 10.7 Å². The molecule has 288 valence electrons. The summed E-state index contributed by atoms with van der Waals surface area (Å²) in [6.07, 6.45) is 2.22. The number of fused-ring (bicyclic) bond motifs is 1. The summed E-state index contributed by atoms with van der Waals surface area (Å²) in [4.78, 5) is 5.11. The van der Waals surface area contributed by atoms with Crippen molar-refractivity contribution in [2.75, 3.05) is 0 Å². The first-order valence-corrected chi connectivity index (χ1v) is 20.6. The van der Waals surface area contributed by atoms with Crippen LogP contribution in [0.1, 0.15) is 27.8 Å². The lowest BCUT2D eigenvalue weighted by Gasteiger charge is -2.27. The Hall–Kier alpha value is -8.14. The number of hydrogen-bond donors (Lipinski definition) is 2. The summed E-state index contributed by atoms with van der Waals surface area (Å²) in [5, 5.41) is 13.5. The maximum Gasteiger partial charge on any atom is 0.0715 e. The molecule has 1 aromatic heterocycles. The van der Waals surface area contributed by atoms with Crippen LogP contribution in [0, 0.1) is 5.41 Å². The van der Waals surface area contributed by atoms with E-state index in [4.69, 9.17) is 4.98 Å². The molecule has 0 unspecified atom stereocenters. The number of pyridine rings is 1. The van der Waals surface area contributed by atoms with E-state index in [1.807, 2.05) is 66.7 Å². The molecule has 0 aliphatic carbocycles. The molecule has 2 N–H and O–H groups in total. The largest absolute Gasteiger partial charge is 0.354 e. The second-order valence-corrected chi connectivity index (χ2v) is 15.2. The van der Waals surface area contributed by atoms with Crippen molar-refractivity contribution in [1.82, 2.24) is 10.3 Å². The Morgan fingerprint density at radius 3 is 1.31 bits per heavy atom. The molecule has 0 saturated carbocycles. The molecular formula is C58H41N3. The van der Waals surface area contributed by atoms with Gasteiger partial charge in [0, 0.05) is 33.5 Å². The minimum atomic E-state index is 0.461. The molecule has 2 heterocycles. The second kappa shape index (κ2) is 16.6. The SMILES string of the molecule is N=C(/C(=C1\NC(c2ccccc2)=Cc2ccc(-c3cccc(-c4cccc(-c5cc(-c6ccccc6)nc(-c6ccccc6)c5)c4)c3)cc21)c1ccccc1)c1ccccc1. The summed E-state index contributed by atoms with van der Waals surface area (Å²) in [7, 11) is 0. The molecule has 61 heavy (non-hydrogen) atoms. The van der Waals surface area contributed by atoms with Crippen LogP contribution in [0.25, 0.3) is 78.9 Å². The number of nitrogens with one attached hydrogen (secondary N) is 2. The van der Waals surface area contributed by atoms with Gasteiger partial charge in [-0.05, 0) is 86.5 Å². The number of benzene rings is 8. The third-order valence-corrected chi connectivity index (χ3v) is 11.3. The normalized spacial score (nSPS) is 12.8. The van der Waals surface area contributed by atoms with Crippen LogP contribution < -0.4 is 5.32 Å². The van der Waals surface area contributed by atoms with Gasteiger partial charge in [-0.3, -0.25) is 5.41 Å². The average Bonchev–Trinajstić information content (AvgIpc) is 3.35. The monoisotopic (exact) mass is 779 g/mol. The van der Waals surface area contributed by atoms with Gasteiger partial charge in [0.25, 0.3) is 0 Å². The first-order valence-electron chi connectivity index (χ1n) is 20.6. The van der Waals surface area contributed by atoms with Gasteiger partial charge in [0.2, 0.25) is 0 Å². The maximum absolute atomic E-state index is 9.68. The van der Waals surface area contributed by atoms with Gasteiger partial charge in [0.05, 0.1) is 22.8 Å². The Labute approximate surface area is 357 Å². The van der Waals surface area contributed by atoms with Crippen LogP contribution in [0.4, 0.5) is 0 Å². The van der Waals surface area contributed by atoms with Gasteiger partial charge in [-0.25, -0.2) is 4.98 Å². The summed E-state index contributed by atoms with van der Waals surface area (Å²) in [6, 6.07) is 80.3. The fourth-order valence-corrected chi connectivity index (χ4v) is 8.18. The maximum atomic E-state index is 9.68. The number of hydrogen-bond acceptors (Lipinski definition) is 3.